The third kappa shape index (κ3) is 4.13. The minimum atomic E-state index is 0.606. The molecule has 1 radical (unpaired) electrons. The molecule has 0 spiro atoms. The minimum absolute atomic E-state index is 0.606. The van der Waals surface area contributed by atoms with Crippen molar-refractivity contribution in [1.82, 2.24) is 0 Å². The second kappa shape index (κ2) is 5.10. The molecular formula is C7H16N. The van der Waals surface area contributed by atoms with Crippen LogP contribution in [0.15, 0.2) is 0 Å². The van der Waals surface area contributed by atoms with E-state index in [9.17, 15) is 0 Å². The molecule has 0 amide bonds. The normalized spacial score (nSPS) is 13.9. The summed E-state index contributed by atoms with van der Waals surface area (Å²) in [5.74, 6) is 0.606. The molecule has 0 saturated carbocycles. The maximum Gasteiger partial charge on any atom is -0.00488 e. The van der Waals surface area contributed by atoms with E-state index in [1.165, 1.54) is 12.8 Å². The summed E-state index contributed by atoms with van der Waals surface area (Å²) < 4.78 is 0. The first-order chi connectivity index (χ1) is 3.81. The van der Waals surface area contributed by atoms with Gasteiger partial charge in [0.05, 0.1) is 0 Å². The lowest BCUT2D eigenvalue weighted by Gasteiger charge is -2.04. The zero-order valence-electron chi connectivity index (χ0n) is 5.85. The first-order valence-electron chi connectivity index (χ1n) is 3.34. The van der Waals surface area contributed by atoms with Crippen LogP contribution in [-0.4, -0.2) is 6.54 Å². The first-order valence-corrected chi connectivity index (χ1v) is 3.34. The molecule has 0 aromatic carbocycles. The van der Waals surface area contributed by atoms with Crippen LogP contribution in [0.2, 0.25) is 0 Å². The smallest absolute Gasteiger partial charge is 0.00488 e. The third-order valence-corrected chi connectivity index (χ3v) is 1.23. The van der Waals surface area contributed by atoms with Crippen molar-refractivity contribution >= 4 is 0 Å². The van der Waals surface area contributed by atoms with E-state index in [1.807, 2.05) is 0 Å². The monoisotopic (exact) mass is 114 g/mol. The van der Waals surface area contributed by atoms with Gasteiger partial charge in [0, 0.05) is 0 Å². The van der Waals surface area contributed by atoms with Crippen molar-refractivity contribution in [3.63, 3.8) is 0 Å². The van der Waals surface area contributed by atoms with Crippen LogP contribution < -0.4 is 5.73 Å². The Bertz CT molecular complexity index is 43.7. The van der Waals surface area contributed by atoms with Gasteiger partial charge in [-0.25, -0.2) is 0 Å². The maximum atomic E-state index is 5.38. The van der Waals surface area contributed by atoms with Gasteiger partial charge < -0.3 is 5.73 Å². The molecule has 0 bridgehead atoms. The Morgan fingerprint density at radius 2 is 2.25 bits per heavy atom. The first kappa shape index (κ1) is 7.96. The van der Waals surface area contributed by atoms with Crippen molar-refractivity contribution in [2.24, 2.45) is 11.7 Å². The van der Waals surface area contributed by atoms with Gasteiger partial charge in [0.25, 0.3) is 0 Å². The average Bonchev–Trinajstić information content (AvgIpc) is 1.83. The number of rotatable bonds is 4. The second-order valence-corrected chi connectivity index (χ2v) is 2.24. The summed E-state index contributed by atoms with van der Waals surface area (Å²) >= 11 is 0. The molecule has 0 aromatic rings. The van der Waals surface area contributed by atoms with Crippen LogP contribution in [0.5, 0.6) is 0 Å². The largest absolute Gasteiger partial charge is 0.330 e. The molecule has 0 fully saturated rings. The summed E-state index contributed by atoms with van der Waals surface area (Å²) in [5.41, 5.74) is 5.38. The molecule has 0 aromatic heterocycles. The Labute approximate surface area is 52.3 Å². The lowest BCUT2D eigenvalue weighted by molar-refractivity contribution is 0.641. The van der Waals surface area contributed by atoms with E-state index >= 15 is 0 Å². The predicted molar refractivity (Wildman–Crippen MR) is 37.4 cm³/mol. The van der Waals surface area contributed by atoms with Crippen LogP contribution in [0.25, 0.3) is 0 Å². The van der Waals surface area contributed by atoms with Gasteiger partial charge in [0.15, 0.2) is 0 Å². The molecule has 0 aliphatic carbocycles. The molecule has 0 saturated heterocycles. The lowest BCUT2D eigenvalue weighted by Crippen LogP contribution is -2.10. The Morgan fingerprint density at radius 3 is 2.62 bits per heavy atom. The standard InChI is InChI=1S/C7H16N/c1-3-4-5-7(2)6-8/h5,7H,3-4,6,8H2,1-2H3. The highest BCUT2D eigenvalue weighted by Crippen LogP contribution is 2.02. The highest BCUT2D eigenvalue weighted by molar-refractivity contribution is 4.71. The fourth-order valence-corrected chi connectivity index (χ4v) is 0.547. The summed E-state index contributed by atoms with van der Waals surface area (Å²) in [4.78, 5) is 0. The number of nitrogens with two attached hydrogens (primary N) is 1. The van der Waals surface area contributed by atoms with Gasteiger partial charge in [-0.2, -0.15) is 0 Å². The zero-order chi connectivity index (χ0) is 6.41. The van der Waals surface area contributed by atoms with Crippen molar-refractivity contribution in [2.45, 2.75) is 26.7 Å². The van der Waals surface area contributed by atoms with E-state index < -0.39 is 0 Å². The van der Waals surface area contributed by atoms with Gasteiger partial charge in [-0.05, 0) is 18.9 Å². The average molecular weight is 114 g/mol. The third-order valence-electron chi connectivity index (χ3n) is 1.23. The summed E-state index contributed by atoms with van der Waals surface area (Å²) in [6, 6.07) is 0. The van der Waals surface area contributed by atoms with Gasteiger partial charge >= 0.3 is 0 Å². The van der Waals surface area contributed by atoms with Crippen molar-refractivity contribution in [1.29, 1.82) is 0 Å². The highest BCUT2D eigenvalue weighted by atomic mass is 14.5. The van der Waals surface area contributed by atoms with Crippen molar-refractivity contribution in [3.8, 4) is 0 Å². The van der Waals surface area contributed by atoms with E-state index in [0.717, 1.165) is 6.54 Å². The molecule has 2 N–H and O–H groups in total. The SMILES string of the molecule is CCC[CH]C(C)CN. The highest BCUT2D eigenvalue weighted by Gasteiger charge is 1.95. The van der Waals surface area contributed by atoms with Crippen LogP contribution in [0.3, 0.4) is 0 Å². The van der Waals surface area contributed by atoms with Gasteiger partial charge in [-0.1, -0.05) is 26.7 Å². The van der Waals surface area contributed by atoms with Gasteiger partial charge in [0.2, 0.25) is 0 Å². The fourth-order valence-electron chi connectivity index (χ4n) is 0.547. The molecule has 1 atom stereocenters. The quantitative estimate of drug-likeness (QED) is 0.590. The Balaban J connectivity index is 2.86. The van der Waals surface area contributed by atoms with Crippen LogP contribution in [0.4, 0.5) is 0 Å². The molecule has 0 aliphatic heterocycles. The van der Waals surface area contributed by atoms with Crippen molar-refractivity contribution < 1.29 is 0 Å². The summed E-state index contributed by atoms with van der Waals surface area (Å²) in [6.45, 7) is 5.12. The lowest BCUT2D eigenvalue weighted by atomic mass is 10.1. The van der Waals surface area contributed by atoms with Crippen LogP contribution >= 0.6 is 0 Å². The van der Waals surface area contributed by atoms with E-state index in [0.29, 0.717) is 5.92 Å². The maximum absolute atomic E-state index is 5.38. The number of hydrogen-bond acceptors (Lipinski definition) is 1. The topological polar surface area (TPSA) is 26.0 Å². The zero-order valence-corrected chi connectivity index (χ0v) is 5.85. The van der Waals surface area contributed by atoms with E-state index in [2.05, 4.69) is 20.3 Å². The van der Waals surface area contributed by atoms with Crippen LogP contribution in [0, 0.1) is 12.3 Å². The number of unbranched alkanes of at least 4 members (excludes halogenated alkanes) is 1. The Kier molecular flexibility index (Phi) is 5.08. The van der Waals surface area contributed by atoms with E-state index in [1.54, 1.807) is 0 Å². The molecular weight excluding hydrogens is 98.1 g/mol. The van der Waals surface area contributed by atoms with Gasteiger partial charge in [-0.15, -0.1) is 0 Å². The van der Waals surface area contributed by atoms with Crippen molar-refractivity contribution in [2.75, 3.05) is 6.54 Å². The molecule has 8 heavy (non-hydrogen) atoms. The Morgan fingerprint density at radius 1 is 1.62 bits per heavy atom. The Hall–Kier alpha value is -0.0400. The molecule has 1 heteroatoms. The van der Waals surface area contributed by atoms with Crippen molar-refractivity contribution in [3.05, 3.63) is 6.42 Å². The molecule has 1 unspecified atom stereocenters. The van der Waals surface area contributed by atoms with E-state index in [-0.39, 0.29) is 0 Å². The van der Waals surface area contributed by atoms with E-state index in [4.69, 9.17) is 5.73 Å². The molecule has 1 nitrogen and oxygen atoms in total. The summed E-state index contributed by atoms with van der Waals surface area (Å²) in [5, 5.41) is 0. The fraction of sp³-hybridized carbons (Fsp3) is 0.857. The number of hydrogen-bond donors (Lipinski definition) is 1. The molecule has 49 valence electrons. The molecule has 0 heterocycles. The molecule has 0 aliphatic rings. The minimum Gasteiger partial charge on any atom is -0.330 e. The summed E-state index contributed by atoms with van der Waals surface area (Å²) in [7, 11) is 0. The van der Waals surface area contributed by atoms with Crippen LogP contribution in [-0.2, 0) is 0 Å². The molecule has 0 rings (SSSR count). The summed E-state index contributed by atoms with van der Waals surface area (Å²) in [6.07, 6.45) is 4.72. The van der Waals surface area contributed by atoms with Gasteiger partial charge in [-0.3, -0.25) is 0 Å². The second-order valence-electron chi connectivity index (χ2n) is 2.24. The predicted octanol–water partition coefficient (Wildman–Crippen LogP) is 1.59. The van der Waals surface area contributed by atoms with Gasteiger partial charge in [0.1, 0.15) is 0 Å². The van der Waals surface area contributed by atoms with Crippen LogP contribution in [0.1, 0.15) is 26.7 Å².